The highest BCUT2D eigenvalue weighted by Crippen LogP contribution is 2.50. The van der Waals surface area contributed by atoms with Crippen molar-refractivity contribution in [2.75, 3.05) is 56.8 Å². The first-order valence-corrected chi connectivity index (χ1v) is 15.4. The summed E-state index contributed by atoms with van der Waals surface area (Å²) in [6.45, 7) is 1.38. The first-order chi connectivity index (χ1) is 21.9. The number of aliphatic hydroxyl groups is 2. The summed E-state index contributed by atoms with van der Waals surface area (Å²) in [7, 11) is 0. The molecule has 45 heavy (non-hydrogen) atoms. The van der Waals surface area contributed by atoms with E-state index in [1.807, 2.05) is 24.3 Å². The average molecular weight is 620 g/mol. The lowest BCUT2D eigenvalue weighted by molar-refractivity contribution is -0.143. The average Bonchev–Trinajstić information content (AvgIpc) is 3.87. The number of esters is 1. The Labute approximate surface area is 261 Å². The third-order valence-corrected chi connectivity index (χ3v) is 8.30. The van der Waals surface area contributed by atoms with Crippen LogP contribution in [-0.4, -0.2) is 89.8 Å². The van der Waals surface area contributed by atoms with Crippen LogP contribution >= 0.6 is 0 Å². The molecule has 7 N–H and O–H groups in total. The molecule has 3 aliphatic rings. The fourth-order valence-electron chi connectivity index (χ4n) is 5.64. The van der Waals surface area contributed by atoms with E-state index in [9.17, 15) is 24.6 Å². The van der Waals surface area contributed by atoms with Crippen molar-refractivity contribution < 1.29 is 29.3 Å². The Bertz CT molecular complexity index is 1480. The molecule has 1 aliphatic carbocycles. The zero-order chi connectivity index (χ0) is 31.8. The second-order valence-electron chi connectivity index (χ2n) is 11.4. The van der Waals surface area contributed by atoms with Crippen molar-refractivity contribution in [2.45, 2.75) is 50.5 Å². The van der Waals surface area contributed by atoms with Crippen molar-refractivity contribution in [1.82, 2.24) is 15.2 Å². The maximum atomic E-state index is 13.6. The third kappa shape index (κ3) is 7.74. The molecule has 1 aromatic carbocycles. The molecule has 2 amide bonds. The second kappa shape index (κ2) is 14.7. The number of hydrogen-bond acceptors (Lipinski definition) is 10. The van der Waals surface area contributed by atoms with Crippen LogP contribution in [0.2, 0.25) is 0 Å². The lowest BCUT2D eigenvalue weighted by Crippen LogP contribution is -2.37. The highest BCUT2D eigenvalue weighted by molar-refractivity contribution is 6.10. The Morgan fingerprint density at radius 3 is 2.69 bits per heavy atom. The van der Waals surface area contributed by atoms with Crippen molar-refractivity contribution in [3.63, 3.8) is 0 Å². The first kappa shape index (κ1) is 32.2. The largest absolute Gasteiger partial charge is 0.442 e. The molecule has 13 nitrogen and oxygen atoms in total. The van der Waals surface area contributed by atoms with Crippen LogP contribution in [0.5, 0.6) is 0 Å². The van der Waals surface area contributed by atoms with E-state index in [0.717, 1.165) is 36.3 Å². The van der Waals surface area contributed by atoms with Gasteiger partial charge in [-0.25, -0.2) is 4.99 Å². The van der Waals surface area contributed by atoms with Crippen LogP contribution in [0.25, 0.3) is 6.08 Å². The Balaban J connectivity index is 1.40. The molecular formula is C32H41N7O6. The number of rotatable bonds is 13. The first-order valence-electron chi connectivity index (χ1n) is 15.4. The number of amidine groups is 1. The number of nitrogens with two attached hydrogens (primary N) is 1. The van der Waals surface area contributed by atoms with Gasteiger partial charge in [-0.15, -0.1) is 0 Å². The van der Waals surface area contributed by atoms with Gasteiger partial charge in [0.05, 0.1) is 30.5 Å². The predicted molar refractivity (Wildman–Crippen MR) is 169 cm³/mol. The predicted octanol–water partition coefficient (Wildman–Crippen LogP) is 1.05. The van der Waals surface area contributed by atoms with Crippen molar-refractivity contribution in [2.24, 2.45) is 10.7 Å². The molecule has 1 aromatic heterocycles. The van der Waals surface area contributed by atoms with Crippen LogP contribution in [0.1, 0.15) is 54.5 Å². The number of anilines is 2. The van der Waals surface area contributed by atoms with Crippen LogP contribution in [0, 0.1) is 0 Å². The number of hydrogen-bond donors (Lipinski definition) is 6. The zero-order valence-electron chi connectivity index (χ0n) is 25.3. The van der Waals surface area contributed by atoms with E-state index in [-0.39, 0.29) is 57.7 Å². The smallest absolute Gasteiger partial charge is 0.307 e. The summed E-state index contributed by atoms with van der Waals surface area (Å²) < 4.78 is 5.24. The van der Waals surface area contributed by atoms with Gasteiger partial charge >= 0.3 is 5.97 Å². The molecule has 1 fully saturated rings. The summed E-state index contributed by atoms with van der Waals surface area (Å²) >= 11 is 0. The lowest BCUT2D eigenvalue weighted by Gasteiger charge is -2.22. The highest BCUT2D eigenvalue weighted by Gasteiger charge is 2.51. The van der Waals surface area contributed by atoms with Gasteiger partial charge in [0, 0.05) is 62.4 Å². The number of carbonyl (C=O) groups is 3. The van der Waals surface area contributed by atoms with E-state index < -0.39 is 11.4 Å². The lowest BCUT2D eigenvalue weighted by atomic mass is 9.92. The standard InChI is InChI=1S/C32H41N7O6/c33-8-1-2-29(42)45-20-36-28-16-22(30(43)39(10-12-40)11-13-41)14-21-3-4-24(17-27(21)38-28)32(6-7-32)31(44)37-25-15-23-18-34-9-5-26(23)35-19-25/h3-4,14-15,17,19,34,40-41H,1-2,5-13,16,18,20,33H2,(H,36,38)(H,37,44). The van der Waals surface area contributed by atoms with Gasteiger partial charge in [0.1, 0.15) is 5.84 Å². The molecule has 1 saturated carbocycles. The summed E-state index contributed by atoms with van der Waals surface area (Å²) in [5.74, 6) is -0.475. The highest BCUT2D eigenvalue weighted by atomic mass is 16.5. The van der Waals surface area contributed by atoms with Crippen molar-refractivity contribution in [3.05, 3.63) is 58.4 Å². The number of carbonyl (C=O) groups excluding carboxylic acids is 3. The number of aliphatic hydroxyl groups excluding tert-OH is 2. The van der Waals surface area contributed by atoms with Crippen LogP contribution < -0.4 is 21.7 Å². The van der Waals surface area contributed by atoms with E-state index in [0.29, 0.717) is 54.2 Å². The van der Waals surface area contributed by atoms with E-state index in [1.54, 1.807) is 12.3 Å². The van der Waals surface area contributed by atoms with Gasteiger partial charge in [0.15, 0.2) is 6.73 Å². The maximum absolute atomic E-state index is 13.6. The molecule has 0 spiro atoms. The van der Waals surface area contributed by atoms with E-state index in [2.05, 4.69) is 25.9 Å². The second-order valence-corrected chi connectivity index (χ2v) is 11.4. The molecule has 0 radical (unpaired) electrons. The Hall–Kier alpha value is -4.17. The number of ether oxygens (including phenoxy) is 1. The van der Waals surface area contributed by atoms with Gasteiger partial charge in [-0.2, -0.15) is 0 Å². The number of nitrogens with one attached hydrogen (secondary N) is 3. The summed E-state index contributed by atoms with van der Waals surface area (Å²) in [4.78, 5) is 49.5. The zero-order valence-corrected chi connectivity index (χ0v) is 25.3. The molecule has 2 aliphatic heterocycles. The van der Waals surface area contributed by atoms with Crippen LogP contribution in [-0.2, 0) is 37.5 Å². The van der Waals surface area contributed by atoms with E-state index in [4.69, 9.17) is 10.5 Å². The molecule has 2 aromatic rings. The molecule has 13 heteroatoms. The SMILES string of the molecule is NCCCC(=O)OC/N=C1\CC(C(=O)N(CCO)CCO)=Cc2ccc(C3(C(=O)Nc4cnc5c(c4)CNCC5)CC3)cc2N1. The van der Waals surface area contributed by atoms with Gasteiger partial charge < -0.3 is 41.5 Å². The molecule has 0 unspecified atom stereocenters. The fourth-order valence-corrected chi connectivity index (χ4v) is 5.64. The molecule has 3 heterocycles. The van der Waals surface area contributed by atoms with Crippen LogP contribution in [0.15, 0.2) is 41.0 Å². The molecular weight excluding hydrogens is 578 g/mol. The van der Waals surface area contributed by atoms with Gasteiger partial charge in [0.2, 0.25) is 11.8 Å². The van der Waals surface area contributed by atoms with Crippen molar-refractivity contribution >= 4 is 41.1 Å². The Morgan fingerprint density at radius 1 is 1.16 bits per heavy atom. The summed E-state index contributed by atoms with van der Waals surface area (Å²) in [5, 5.41) is 28.7. The molecule has 0 bridgehead atoms. The molecule has 5 rings (SSSR count). The molecule has 240 valence electrons. The van der Waals surface area contributed by atoms with Gasteiger partial charge in [-0.3, -0.25) is 19.4 Å². The number of benzene rings is 1. The minimum atomic E-state index is -0.700. The number of pyridine rings is 1. The monoisotopic (exact) mass is 619 g/mol. The number of amides is 2. The van der Waals surface area contributed by atoms with Crippen LogP contribution in [0.4, 0.5) is 11.4 Å². The topological polar surface area (TPSA) is 192 Å². The summed E-state index contributed by atoms with van der Waals surface area (Å²) in [6.07, 6.45) is 6.49. The molecule has 0 saturated heterocycles. The van der Waals surface area contributed by atoms with Gasteiger partial charge in [-0.05, 0) is 60.7 Å². The summed E-state index contributed by atoms with van der Waals surface area (Å²) in [6, 6.07) is 7.65. The van der Waals surface area contributed by atoms with Gasteiger partial charge in [0.25, 0.3) is 0 Å². The normalized spacial score (nSPS) is 17.2. The molecule has 0 atom stereocenters. The minimum Gasteiger partial charge on any atom is -0.442 e. The van der Waals surface area contributed by atoms with Crippen molar-refractivity contribution in [3.8, 4) is 0 Å². The number of nitrogens with zero attached hydrogens (tertiary/aromatic N) is 3. The number of fused-ring (bicyclic) bond motifs is 2. The van der Waals surface area contributed by atoms with Crippen molar-refractivity contribution in [1.29, 1.82) is 0 Å². The Kier molecular flexibility index (Phi) is 10.6. The van der Waals surface area contributed by atoms with E-state index in [1.165, 1.54) is 4.90 Å². The minimum absolute atomic E-state index is 0.0646. The number of aliphatic imine (C=N–C) groups is 1. The maximum Gasteiger partial charge on any atom is 0.307 e. The van der Waals surface area contributed by atoms with E-state index >= 15 is 0 Å². The quantitative estimate of drug-likeness (QED) is 0.177. The fraction of sp³-hybridized carbons (Fsp3) is 0.469. The van der Waals surface area contributed by atoms with Crippen LogP contribution in [0.3, 0.4) is 0 Å². The summed E-state index contributed by atoms with van der Waals surface area (Å²) in [5.41, 5.74) is 10.2. The Morgan fingerprint density at radius 2 is 1.96 bits per heavy atom. The number of aromatic nitrogens is 1. The van der Waals surface area contributed by atoms with Gasteiger partial charge in [-0.1, -0.05) is 12.1 Å². The third-order valence-electron chi connectivity index (χ3n) is 8.30.